The van der Waals surface area contributed by atoms with Crippen LogP contribution >= 0.6 is 11.6 Å². The van der Waals surface area contributed by atoms with Crippen molar-refractivity contribution in [1.82, 2.24) is 9.97 Å². The number of carboxylic acids is 1. The third kappa shape index (κ3) is 2.18. The SMILES string of the molecule is CCC1CC(C(=O)O)C(c2nc3c(Cl)cccc3[nH]2)C1. The second-order valence-corrected chi connectivity index (χ2v) is 5.96. The fourth-order valence-corrected chi connectivity index (χ4v) is 3.46. The number of H-pyrrole nitrogens is 1. The number of rotatable bonds is 3. The number of aliphatic carboxylic acids is 1. The lowest BCUT2D eigenvalue weighted by Gasteiger charge is -2.12. The molecule has 3 unspecified atom stereocenters. The highest BCUT2D eigenvalue weighted by atomic mass is 35.5. The summed E-state index contributed by atoms with van der Waals surface area (Å²) in [5.74, 6) is 0.110. The molecule has 0 bridgehead atoms. The molecule has 1 fully saturated rings. The van der Waals surface area contributed by atoms with E-state index in [0.717, 1.165) is 36.1 Å². The van der Waals surface area contributed by atoms with Gasteiger partial charge in [-0.3, -0.25) is 4.79 Å². The zero-order valence-corrected chi connectivity index (χ0v) is 12.0. The van der Waals surface area contributed by atoms with Gasteiger partial charge >= 0.3 is 5.97 Å². The number of benzene rings is 1. The van der Waals surface area contributed by atoms with Crippen molar-refractivity contribution in [2.45, 2.75) is 32.1 Å². The van der Waals surface area contributed by atoms with Crippen molar-refractivity contribution >= 4 is 28.6 Å². The lowest BCUT2D eigenvalue weighted by atomic mass is 9.96. The monoisotopic (exact) mass is 292 g/mol. The van der Waals surface area contributed by atoms with Gasteiger partial charge in [-0.1, -0.05) is 31.0 Å². The first kappa shape index (κ1) is 13.4. The molecule has 1 aliphatic rings. The number of fused-ring (bicyclic) bond motifs is 1. The molecule has 1 aromatic carbocycles. The Bertz CT molecular complexity index is 652. The molecule has 106 valence electrons. The van der Waals surface area contributed by atoms with Gasteiger partial charge in [0.15, 0.2) is 0 Å². The van der Waals surface area contributed by atoms with Crippen LogP contribution in [0.3, 0.4) is 0 Å². The number of nitrogens with one attached hydrogen (secondary N) is 1. The van der Waals surface area contributed by atoms with Crippen molar-refractivity contribution in [3.05, 3.63) is 29.0 Å². The lowest BCUT2D eigenvalue weighted by Crippen LogP contribution is -2.17. The fourth-order valence-electron chi connectivity index (χ4n) is 3.24. The summed E-state index contributed by atoms with van der Waals surface area (Å²) >= 11 is 6.13. The van der Waals surface area contributed by atoms with E-state index in [-0.39, 0.29) is 11.8 Å². The zero-order chi connectivity index (χ0) is 14.3. The predicted molar refractivity (Wildman–Crippen MR) is 78.0 cm³/mol. The van der Waals surface area contributed by atoms with Gasteiger partial charge in [0.05, 0.1) is 16.5 Å². The summed E-state index contributed by atoms with van der Waals surface area (Å²) in [4.78, 5) is 19.3. The summed E-state index contributed by atoms with van der Waals surface area (Å²) < 4.78 is 0. The average Bonchev–Trinajstić information content (AvgIpc) is 3.02. The van der Waals surface area contributed by atoms with E-state index in [0.29, 0.717) is 10.9 Å². The second kappa shape index (κ2) is 5.09. The van der Waals surface area contributed by atoms with Crippen LogP contribution in [0.15, 0.2) is 18.2 Å². The van der Waals surface area contributed by atoms with Gasteiger partial charge in [0.1, 0.15) is 11.3 Å². The Kier molecular flexibility index (Phi) is 3.42. The topological polar surface area (TPSA) is 66.0 Å². The van der Waals surface area contributed by atoms with Crippen LogP contribution in [0, 0.1) is 11.8 Å². The Morgan fingerprint density at radius 3 is 2.95 bits per heavy atom. The van der Waals surface area contributed by atoms with Crippen LogP contribution in [-0.4, -0.2) is 21.0 Å². The van der Waals surface area contributed by atoms with Gasteiger partial charge in [-0.15, -0.1) is 0 Å². The van der Waals surface area contributed by atoms with Gasteiger partial charge in [0, 0.05) is 5.92 Å². The highest BCUT2D eigenvalue weighted by Gasteiger charge is 2.40. The zero-order valence-electron chi connectivity index (χ0n) is 11.3. The number of hydrogen-bond acceptors (Lipinski definition) is 2. The van der Waals surface area contributed by atoms with E-state index in [1.54, 1.807) is 6.07 Å². The third-order valence-corrected chi connectivity index (χ3v) is 4.69. The minimum Gasteiger partial charge on any atom is -0.481 e. The number of halogens is 1. The first-order chi connectivity index (χ1) is 9.60. The summed E-state index contributed by atoms with van der Waals surface area (Å²) in [5, 5.41) is 10.0. The van der Waals surface area contributed by atoms with Crippen LogP contribution in [0.4, 0.5) is 0 Å². The molecule has 4 nitrogen and oxygen atoms in total. The first-order valence-electron chi connectivity index (χ1n) is 6.97. The van der Waals surface area contributed by atoms with Gasteiger partial charge in [-0.25, -0.2) is 4.98 Å². The van der Waals surface area contributed by atoms with E-state index in [2.05, 4.69) is 16.9 Å². The highest BCUT2D eigenvalue weighted by Crippen LogP contribution is 2.44. The van der Waals surface area contributed by atoms with E-state index >= 15 is 0 Å². The Morgan fingerprint density at radius 2 is 2.30 bits per heavy atom. The molecule has 3 rings (SSSR count). The van der Waals surface area contributed by atoms with Crippen LogP contribution < -0.4 is 0 Å². The number of para-hydroxylation sites is 1. The number of aromatic amines is 1. The molecule has 0 spiro atoms. The normalized spacial score (nSPS) is 26.2. The molecule has 2 aromatic rings. The summed E-state index contributed by atoms with van der Waals surface area (Å²) in [6.45, 7) is 2.11. The van der Waals surface area contributed by atoms with Crippen molar-refractivity contribution in [2.75, 3.05) is 0 Å². The fraction of sp³-hybridized carbons (Fsp3) is 0.467. The van der Waals surface area contributed by atoms with Gasteiger partial charge in [0.2, 0.25) is 0 Å². The van der Waals surface area contributed by atoms with Gasteiger partial charge in [-0.2, -0.15) is 0 Å². The second-order valence-electron chi connectivity index (χ2n) is 5.55. The maximum absolute atomic E-state index is 11.5. The molecule has 1 aliphatic carbocycles. The molecule has 1 heterocycles. The number of hydrogen-bond donors (Lipinski definition) is 2. The Labute approximate surface area is 122 Å². The summed E-state index contributed by atoms with van der Waals surface area (Å²) in [5.41, 5.74) is 1.60. The van der Waals surface area contributed by atoms with E-state index in [1.165, 1.54) is 0 Å². The van der Waals surface area contributed by atoms with Gasteiger partial charge < -0.3 is 10.1 Å². The molecule has 1 saturated carbocycles. The van der Waals surface area contributed by atoms with Crippen LogP contribution in [0.5, 0.6) is 0 Å². The van der Waals surface area contributed by atoms with E-state index < -0.39 is 5.97 Å². The molecule has 3 atom stereocenters. The largest absolute Gasteiger partial charge is 0.481 e. The molecule has 0 saturated heterocycles. The van der Waals surface area contributed by atoms with Crippen molar-refractivity contribution in [3.8, 4) is 0 Å². The third-order valence-electron chi connectivity index (χ3n) is 4.39. The van der Waals surface area contributed by atoms with E-state index in [9.17, 15) is 9.90 Å². The summed E-state index contributed by atoms with van der Waals surface area (Å²) in [6.07, 6.45) is 2.63. The van der Waals surface area contributed by atoms with Gasteiger partial charge in [-0.05, 0) is 30.9 Å². The quantitative estimate of drug-likeness (QED) is 0.904. The molecule has 0 amide bonds. The van der Waals surface area contributed by atoms with Crippen molar-refractivity contribution in [1.29, 1.82) is 0 Å². The Balaban J connectivity index is 2.00. The summed E-state index contributed by atoms with van der Waals surface area (Å²) in [6, 6.07) is 5.58. The number of imidazole rings is 1. The molecule has 2 N–H and O–H groups in total. The van der Waals surface area contributed by atoms with Crippen LogP contribution in [0.25, 0.3) is 11.0 Å². The maximum Gasteiger partial charge on any atom is 0.307 e. The molecule has 1 aromatic heterocycles. The number of carboxylic acid groups (broad SMARTS) is 1. The molecule has 20 heavy (non-hydrogen) atoms. The smallest absolute Gasteiger partial charge is 0.307 e. The Morgan fingerprint density at radius 1 is 1.50 bits per heavy atom. The molecular weight excluding hydrogens is 276 g/mol. The molecule has 5 heteroatoms. The minimum atomic E-state index is -0.725. The van der Waals surface area contributed by atoms with Crippen LogP contribution in [0.1, 0.15) is 37.9 Å². The maximum atomic E-state index is 11.5. The first-order valence-corrected chi connectivity index (χ1v) is 7.34. The number of aromatic nitrogens is 2. The Hall–Kier alpha value is -1.55. The van der Waals surface area contributed by atoms with Crippen LogP contribution in [-0.2, 0) is 4.79 Å². The lowest BCUT2D eigenvalue weighted by molar-refractivity contribution is -0.142. The van der Waals surface area contributed by atoms with Crippen molar-refractivity contribution in [3.63, 3.8) is 0 Å². The minimum absolute atomic E-state index is 0.0408. The van der Waals surface area contributed by atoms with Crippen molar-refractivity contribution < 1.29 is 9.90 Å². The van der Waals surface area contributed by atoms with E-state index in [4.69, 9.17) is 11.6 Å². The predicted octanol–water partition coefficient (Wildman–Crippen LogP) is 3.82. The van der Waals surface area contributed by atoms with Crippen LogP contribution in [0.2, 0.25) is 5.02 Å². The highest BCUT2D eigenvalue weighted by molar-refractivity contribution is 6.34. The average molecular weight is 293 g/mol. The van der Waals surface area contributed by atoms with E-state index in [1.807, 2.05) is 12.1 Å². The molecule has 0 aliphatic heterocycles. The summed E-state index contributed by atoms with van der Waals surface area (Å²) in [7, 11) is 0. The molecule has 0 radical (unpaired) electrons. The standard InChI is InChI=1S/C15H17ClN2O2/c1-2-8-6-9(10(7-8)15(19)20)14-17-12-5-3-4-11(16)13(12)18-14/h3-5,8-10H,2,6-7H2,1H3,(H,17,18)(H,19,20). The van der Waals surface area contributed by atoms with Crippen molar-refractivity contribution in [2.24, 2.45) is 11.8 Å². The van der Waals surface area contributed by atoms with Gasteiger partial charge in [0.25, 0.3) is 0 Å². The number of nitrogens with zero attached hydrogens (tertiary/aromatic N) is 1. The number of carbonyl (C=O) groups is 1. The molecular formula is C15H17ClN2O2.